The first-order chi connectivity index (χ1) is 15.9. The molecule has 176 valence electrons. The molecule has 3 aliphatic rings. The number of thiophene rings is 1. The van der Waals surface area contributed by atoms with Crippen molar-refractivity contribution in [2.75, 3.05) is 44.2 Å². The molecule has 1 spiro atoms. The number of rotatable bonds is 4. The molecule has 2 saturated heterocycles. The molecule has 2 aromatic rings. The molecule has 0 aliphatic carbocycles. The minimum Gasteiger partial charge on any atom is -0.368 e. The molecule has 11 heteroatoms. The van der Waals surface area contributed by atoms with Gasteiger partial charge in [-0.25, -0.2) is 8.42 Å². The molecule has 0 radical (unpaired) electrons. The van der Waals surface area contributed by atoms with Gasteiger partial charge in [-0.3, -0.25) is 15.1 Å². The molecule has 0 atom stereocenters. The van der Waals surface area contributed by atoms with Crippen LogP contribution in [0.3, 0.4) is 0 Å². The van der Waals surface area contributed by atoms with Gasteiger partial charge in [0.15, 0.2) is 0 Å². The standard InChI is InChI=1S/C22H25ClN4O4S2/c23-19-6-7-20(32-19)33(29,30)27-10-8-22(9-11-27)16-18(24-31-22)21(28)26-14-12-25(13-15-26)17-4-2-1-3-5-17/h1-7,16,24H,8-15H2. The van der Waals surface area contributed by atoms with Crippen molar-refractivity contribution in [1.29, 1.82) is 0 Å². The molecule has 1 aromatic heterocycles. The summed E-state index contributed by atoms with van der Waals surface area (Å²) in [6, 6.07) is 13.3. The number of hydrogen-bond donors (Lipinski definition) is 1. The van der Waals surface area contributed by atoms with E-state index in [1.807, 2.05) is 29.2 Å². The minimum atomic E-state index is -3.57. The number of sulfonamides is 1. The highest BCUT2D eigenvalue weighted by Gasteiger charge is 2.43. The smallest absolute Gasteiger partial charge is 0.272 e. The number of hydroxylamine groups is 1. The van der Waals surface area contributed by atoms with Gasteiger partial charge >= 0.3 is 0 Å². The second-order valence-corrected chi connectivity index (χ2v) is 12.3. The Kier molecular flexibility index (Phi) is 6.13. The van der Waals surface area contributed by atoms with Gasteiger partial charge < -0.3 is 9.80 Å². The van der Waals surface area contributed by atoms with Crippen LogP contribution in [0.15, 0.2) is 58.4 Å². The van der Waals surface area contributed by atoms with E-state index in [9.17, 15) is 13.2 Å². The number of nitrogens with one attached hydrogen (secondary N) is 1. The highest BCUT2D eigenvalue weighted by molar-refractivity contribution is 7.91. The Balaban J connectivity index is 1.19. The average molecular weight is 509 g/mol. The summed E-state index contributed by atoms with van der Waals surface area (Å²) in [5.41, 5.74) is 3.75. The molecule has 0 unspecified atom stereocenters. The van der Waals surface area contributed by atoms with Crippen LogP contribution in [0.4, 0.5) is 5.69 Å². The molecule has 2 fully saturated rings. The first kappa shape index (κ1) is 22.7. The zero-order valence-corrected chi connectivity index (χ0v) is 20.3. The van der Waals surface area contributed by atoms with E-state index in [1.165, 1.54) is 10.4 Å². The number of amides is 1. The molecule has 1 N–H and O–H groups in total. The molecule has 0 bridgehead atoms. The van der Waals surface area contributed by atoms with E-state index in [0.29, 0.717) is 49.1 Å². The van der Waals surface area contributed by atoms with E-state index in [-0.39, 0.29) is 10.1 Å². The zero-order valence-electron chi connectivity index (χ0n) is 17.9. The number of anilines is 1. The summed E-state index contributed by atoms with van der Waals surface area (Å²) in [6.45, 7) is 3.44. The van der Waals surface area contributed by atoms with E-state index in [1.54, 1.807) is 6.07 Å². The van der Waals surface area contributed by atoms with Gasteiger partial charge in [0.1, 0.15) is 15.5 Å². The molecule has 1 aromatic carbocycles. The van der Waals surface area contributed by atoms with Crippen LogP contribution < -0.4 is 10.4 Å². The number of halogens is 1. The van der Waals surface area contributed by atoms with Crippen molar-refractivity contribution in [3.8, 4) is 0 Å². The molecule has 3 aliphatic heterocycles. The number of piperazine rings is 1. The fourth-order valence-corrected chi connectivity index (χ4v) is 7.55. The number of para-hydroxylation sites is 1. The van der Waals surface area contributed by atoms with E-state index in [0.717, 1.165) is 30.1 Å². The van der Waals surface area contributed by atoms with Crippen LogP contribution in [0.5, 0.6) is 0 Å². The molecule has 5 rings (SSSR count). The molecule has 1 amide bonds. The molecular formula is C22H25ClN4O4S2. The Morgan fingerprint density at radius 2 is 1.70 bits per heavy atom. The number of piperidine rings is 1. The number of hydrogen-bond acceptors (Lipinski definition) is 7. The lowest BCUT2D eigenvalue weighted by molar-refractivity contribution is -0.129. The predicted octanol–water partition coefficient (Wildman–Crippen LogP) is 2.69. The van der Waals surface area contributed by atoms with Gasteiger partial charge in [0.05, 0.1) is 4.34 Å². The van der Waals surface area contributed by atoms with Crippen molar-refractivity contribution >= 4 is 44.6 Å². The summed E-state index contributed by atoms with van der Waals surface area (Å²) in [5, 5.41) is 0. The summed E-state index contributed by atoms with van der Waals surface area (Å²) in [6.07, 6.45) is 2.78. The maximum Gasteiger partial charge on any atom is 0.272 e. The number of nitrogens with zero attached hydrogens (tertiary/aromatic N) is 3. The normalized spacial score (nSPS) is 21.2. The lowest BCUT2D eigenvalue weighted by Crippen LogP contribution is -2.49. The van der Waals surface area contributed by atoms with Crippen LogP contribution in [0.2, 0.25) is 4.34 Å². The molecular weight excluding hydrogens is 484 g/mol. The second-order valence-electron chi connectivity index (χ2n) is 8.40. The van der Waals surface area contributed by atoms with Gasteiger partial charge in [-0.1, -0.05) is 29.8 Å². The first-order valence-electron chi connectivity index (χ1n) is 10.9. The highest BCUT2D eigenvalue weighted by Crippen LogP contribution is 2.36. The maximum atomic E-state index is 13.1. The number of carbonyl (C=O) groups is 1. The Morgan fingerprint density at radius 3 is 2.33 bits per heavy atom. The van der Waals surface area contributed by atoms with Crippen LogP contribution in [-0.2, 0) is 19.7 Å². The molecule has 8 nitrogen and oxygen atoms in total. The third kappa shape index (κ3) is 4.50. The zero-order chi connectivity index (χ0) is 23.1. The van der Waals surface area contributed by atoms with E-state index < -0.39 is 15.6 Å². The van der Waals surface area contributed by atoms with Crippen LogP contribution in [0.25, 0.3) is 0 Å². The van der Waals surface area contributed by atoms with E-state index >= 15 is 0 Å². The quantitative estimate of drug-likeness (QED) is 0.684. The van der Waals surface area contributed by atoms with Gasteiger partial charge in [0.25, 0.3) is 15.9 Å². The van der Waals surface area contributed by atoms with E-state index in [2.05, 4.69) is 22.5 Å². The van der Waals surface area contributed by atoms with Gasteiger partial charge in [-0.05, 0) is 43.2 Å². The van der Waals surface area contributed by atoms with Crippen molar-refractivity contribution in [2.45, 2.75) is 22.7 Å². The Hall–Kier alpha value is -2.11. The average Bonchev–Trinajstić information content (AvgIpc) is 3.47. The fraction of sp³-hybridized carbons (Fsp3) is 0.409. The summed E-state index contributed by atoms with van der Waals surface area (Å²) in [5.74, 6) is -0.0807. The second kappa shape index (κ2) is 8.92. The van der Waals surface area contributed by atoms with Gasteiger partial charge in [-0.2, -0.15) is 4.31 Å². The largest absolute Gasteiger partial charge is 0.368 e. The minimum absolute atomic E-state index is 0.0807. The monoisotopic (exact) mass is 508 g/mol. The first-order valence-corrected chi connectivity index (χ1v) is 13.5. The Labute approximate surface area is 202 Å². The van der Waals surface area contributed by atoms with Crippen LogP contribution in [0, 0.1) is 0 Å². The third-order valence-electron chi connectivity index (χ3n) is 6.40. The summed E-state index contributed by atoms with van der Waals surface area (Å²) in [7, 11) is -3.57. The van der Waals surface area contributed by atoms with Gasteiger partial charge in [0, 0.05) is 45.0 Å². The number of benzene rings is 1. The SMILES string of the molecule is O=C(C1=CC2(CCN(S(=O)(=O)c3ccc(Cl)s3)CC2)ON1)N1CCN(c2ccccc2)CC1. The molecule has 33 heavy (non-hydrogen) atoms. The maximum absolute atomic E-state index is 13.1. The topological polar surface area (TPSA) is 82.2 Å². The molecule has 4 heterocycles. The van der Waals surface area contributed by atoms with Crippen molar-refractivity contribution in [3.63, 3.8) is 0 Å². The summed E-state index contributed by atoms with van der Waals surface area (Å²) in [4.78, 5) is 23.0. The predicted molar refractivity (Wildman–Crippen MR) is 128 cm³/mol. The van der Waals surface area contributed by atoms with Crippen LogP contribution >= 0.6 is 22.9 Å². The van der Waals surface area contributed by atoms with E-state index in [4.69, 9.17) is 16.4 Å². The van der Waals surface area contributed by atoms with Gasteiger partial charge in [0.2, 0.25) is 0 Å². The number of carbonyl (C=O) groups excluding carboxylic acids is 1. The lowest BCUT2D eigenvalue weighted by Gasteiger charge is -2.36. The third-order valence-corrected chi connectivity index (χ3v) is 10.00. The van der Waals surface area contributed by atoms with Crippen molar-refractivity contribution in [1.82, 2.24) is 14.7 Å². The fourth-order valence-electron chi connectivity index (χ4n) is 4.48. The van der Waals surface area contributed by atoms with Gasteiger partial charge in [-0.15, -0.1) is 11.3 Å². The molecule has 0 saturated carbocycles. The van der Waals surface area contributed by atoms with Crippen LogP contribution in [-0.4, -0.2) is 68.4 Å². The summed E-state index contributed by atoms with van der Waals surface area (Å²) >= 11 is 6.97. The van der Waals surface area contributed by atoms with Crippen molar-refractivity contribution < 1.29 is 18.0 Å². The summed E-state index contributed by atoms with van der Waals surface area (Å²) < 4.78 is 27.9. The Morgan fingerprint density at radius 1 is 1.00 bits per heavy atom. The lowest BCUT2D eigenvalue weighted by atomic mass is 9.92. The van der Waals surface area contributed by atoms with Crippen molar-refractivity contribution in [3.05, 3.63) is 58.6 Å². The van der Waals surface area contributed by atoms with Crippen molar-refractivity contribution in [2.24, 2.45) is 0 Å². The highest BCUT2D eigenvalue weighted by atomic mass is 35.5. The Bertz CT molecular complexity index is 1150. The van der Waals surface area contributed by atoms with Crippen LogP contribution in [0.1, 0.15) is 12.8 Å².